The Morgan fingerprint density at radius 1 is 1.19 bits per heavy atom. The van der Waals surface area contributed by atoms with Crippen LogP contribution in [-0.2, 0) is 0 Å². The normalized spacial score (nSPS) is 23.7. The molecule has 0 unspecified atom stereocenters. The molecule has 2 heterocycles. The van der Waals surface area contributed by atoms with Crippen LogP contribution in [0.1, 0.15) is 50.5 Å². The lowest BCUT2D eigenvalue weighted by atomic mass is 9.70. The molecule has 1 aliphatic heterocycles. The fraction of sp³-hybridized carbons (Fsp3) is 0.500. The van der Waals surface area contributed by atoms with Gasteiger partial charge in [0.25, 0.3) is 5.91 Å². The molecule has 0 radical (unpaired) electrons. The molecule has 0 saturated heterocycles. The second-order valence-electron chi connectivity index (χ2n) is 8.23. The van der Waals surface area contributed by atoms with Gasteiger partial charge in [0.15, 0.2) is 23.0 Å². The van der Waals surface area contributed by atoms with Gasteiger partial charge in [0.1, 0.15) is 0 Å². The second-order valence-corrected chi connectivity index (χ2v) is 8.23. The smallest absolute Gasteiger partial charge is 0.273 e. The van der Waals surface area contributed by atoms with E-state index in [4.69, 9.17) is 14.0 Å². The van der Waals surface area contributed by atoms with Crippen LogP contribution in [0.3, 0.4) is 0 Å². The molecule has 4 rings (SSSR count). The van der Waals surface area contributed by atoms with Gasteiger partial charge in [-0.25, -0.2) is 0 Å². The number of hydrogen-bond donors (Lipinski definition) is 1. The molecule has 1 aromatic heterocycles. The largest absolute Gasteiger partial charge is 0.454 e. The molecule has 6 nitrogen and oxygen atoms in total. The van der Waals surface area contributed by atoms with E-state index < -0.39 is 0 Å². The van der Waals surface area contributed by atoms with Crippen molar-refractivity contribution in [1.29, 1.82) is 0 Å². The van der Waals surface area contributed by atoms with Crippen molar-refractivity contribution in [3.05, 3.63) is 30.0 Å². The van der Waals surface area contributed by atoms with Crippen molar-refractivity contribution < 1.29 is 18.8 Å². The molecule has 1 aliphatic carbocycles. The van der Waals surface area contributed by atoms with Crippen molar-refractivity contribution in [1.82, 2.24) is 10.5 Å². The van der Waals surface area contributed by atoms with Gasteiger partial charge in [0.05, 0.1) is 0 Å². The molecule has 1 N–H and O–H groups in total. The summed E-state index contributed by atoms with van der Waals surface area (Å²) in [6.07, 6.45) is 3.18. The summed E-state index contributed by atoms with van der Waals surface area (Å²) in [6.45, 7) is 6.98. The van der Waals surface area contributed by atoms with E-state index in [9.17, 15) is 4.79 Å². The predicted molar refractivity (Wildman–Crippen MR) is 96.1 cm³/mol. The lowest BCUT2D eigenvalue weighted by Crippen LogP contribution is -2.43. The zero-order valence-electron chi connectivity index (χ0n) is 15.4. The predicted octanol–water partition coefficient (Wildman–Crippen LogP) is 4.01. The van der Waals surface area contributed by atoms with E-state index in [0.717, 1.165) is 18.4 Å². The summed E-state index contributed by atoms with van der Waals surface area (Å²) in [7, 11) is 0. The van der Waals surface area contributed by atoms with E-state index in [2.05, 4.69) is 31.2 Å². The van der Waals surface area contributed by atoms with Crippen LogP contribution in [0.25, 0.3) is 11.3 Å². The standard InChI is InChI=1S/C20H24N2O4/c1-12-6-14(10-20(2,3)9-12)21-19(23)15-8-17(26-22-15)13-4-5-16-18(7-13)25-11-24-16/h4-5,7-8,12,14H,6,9-11H2,1-3H3,(H,21,23)/t12-,14+/m0/s1. The van der Waals surface area contributed by atoms with E-state index in [1.165, 1.54) is 6.42 Å². The zero-order chi connectivity index (χ0) is 18.3. The van der Waals surface area contributed by atoms with Gasteiger partial charge in [-0.15, -0.1) is 0 Å². The van der Waals surface area contributed by atoms with Crippen molar-refractivity contribution >= 4 is 5.91 Å². The highest BCUT2D eigenvalue weighted by Crippen LogP contribution is 2.39. The number of ether oxygens (including phenoxy) is 2. The lowest BCUT2D eigenvalue weighted by Gasteiger charge is -2.39. The van der Waals surface area contributed by atoms with Gasteiger partial charge in [-0.2, -0.15) is 0 Å². The Morgan fingerprint density at radius 2 is 2.00 bits per heavy atom. The Balaban J connectivity index is 1.46. The average Bonchev–Trinajstić information content (AvgIpc) is 3.21. The molecular formula is C20H24N2O4. The van der Waals surface area contributed by atoms with Gasteiger partial charge in [0.2, 0.25) is 6.79 Å². The highest BCUT2D eigenvalue weighted by atomic mass is 16.7. The van der Waals surface area contributed by atoms with Gasteiger partial charge >= 0.3 is 0 Å². The first-order valence-corrected chi connectivity index (χ1v) is 9.07. The number of benzene rings is 1. The van der Waals surface area contributed by atoms with E-state index in [0.29, 0.717) is 28.9 Å². The van der Waals surface area contributed by atoms with Crippen molar-refractivity contribution in [2.45, 2.75) is 46.1 Å². The van der Waals surface area contributed by atoms with Crippen molar-refractivity contribution in [2.75, 3.05) is 6.79 Å². The second kappa shape index (κ2) is 6.34. The molecule has 1 aromatic carbocycles. The Labute approximate surface area is 152 Å². The Bertz CT molecular complexity index is 827. The van der Waals surface area contributed by atoms with E-state index in [1.807, 2.05) is 18.2 Å². The fourth-order valence-corrected chi connectivity index (χ4v) is 4.28. The van der Waals surface area contributed by atoms with Crippen molar-refractivity contribution in [3.63, 3.8) is 0 Å². The fourth-order valence-electron chi connectivity index (χ4n) is 4.28. The van der Waals surface area contributed by atoms with Gasteiger partial charge < -0.3 is 19.3 Å². The number of rotatable bonds is 3. The van der Waals surface area contributed by atoms with Crippen molar-refractivity contribution in [3.8, 4) is 22.8 Å². The number of aromatic nitrogens is 1. The molecule has 2 atom stereocenters. The van der Waals surface area contributed by atoms with Crippen molar-refractivity contribution in [2.24, 2.45) is 11.3 Å². The maximum absolute atomic E-state index is 12.6. The highest BCUT2D eigenvalue weighted by Gasteiger charge is 2.33. The van der Waals surface area contributed by atoms with Crippen LogP contribution < -0.4 is 14.8 Å². The highest BCUT2D eigenvalue weighted by molar-refractivity contribution is 5.93. The topological polar surface area (TPSA) is 73.6 Å². The monoisotopic (exact) mass is 356 g/mol. The molecule has 2 aromatic rings. The summed E-state index contributed by atoms with van der Waals surface area (Å²) in [4.78, 5) is 12.6. The number of fused-ring (bicyclic) bond motifs is 1. The van der Waals surface area contributed by atoms with Gasteiger partial charge in [0, 0.05) is 17.7 Å². The maximum Gasteiger partial charge on any atom is 0.273 e. The van der Waals surface area contributed by atoms with Crippen LogP contribution in [0.5, 0.6) is 11.5 Å². The molecule has 2 aliphatic rings. The molecule has 1 amide bonds. The minimum atomic E-state index is -0.185. The van der Waals surface area contributed by atoms with Crippen LogP contribution in [0, 0.1) is 11.3 Å². The third-order valence-electron chi connectivity index (χ3n) is 5.12. The number of nitrogens with zero attached hydrogens (tertiary/aromatic N) is 1. The van der Waals surface area contributed by atoms with Gasteiger partial charge in [-0.1, -0.05) is 25.9 Å². The van der Waals surface area contributed by atoms with E-state index >= 15 is 0 Å². The molecule has 1 saturated carbocycles. The Hall–Kier alpha value is -2.50. The first kappa shape index (κ1) is 16.9. The number of carbonyl (C=O) groups excluding carboxylic acids is 1. The maximum atomic E-state index is 12.6. The Morgan fingerprint density at radius 3 is 2.81 bits per heavy atom. The third-order valence-corrected chi connectivity index (χ3v) is 5.12. The zero-order valence-corrected chi connectivity index (χ0v) is 15.4. The lowest BCUT2D eigenvalue weighted by molar-refractivity contribution is 0.0865. The number of carbonyl (C=O) groups is 1. The molecule has 1 fully saturated rings. The molecular weight excluding hydrogens is 332 g/mol. The third kappa shape index (κ3) is 3.41. The molecule has 0 bridgehead atoms. The quantitative estimate of drug-likeness (QED) is 0.899. The molecule has 6 heteroatoms. The average molecular weight is 356 g/mol. The van der Waals surface area contributed by atoms with Crippen LogP contribution in [0.4, 0.5) is 0 Å². The summed E-state index contributed by atoms with van der Waals surface area (Å²) in [6, 6.07) is 7.36. The summed E-state index contributed by atoms with van der Waals surface area (Å²) in [5.74, 6) is 2.33. The number of amides is 1. The molecule has 0 spiro atoms. The first-order chi connectivity index (χ1) is 12.4. The van der Waals surface area contributed by atoms with E-state index in [1.54, 1.807) is 6.07 Å². The van der Waals surface area contributed by atoms with Crippen LogP contribution in [-0.4, -0.2) is 23.9 Å². The first-order valence-electron chi connectivity index (χ1n) is 9.07. The molecule has 138 valence electrons. The summed E-state index contributed by atoms with van der Waals surface area (Å²) < 4.78 is 16.1. The van der Waals surface area contributed by atoms with Crippen LogP contribution >= 0.6 is 0 Å². The number of nitrogens with one attached hydrogen (secondary N) is 1. The van der Waals surface area contributed by atoms with E-state index in [-0.39, 0.29) is 24.2 Å². The van der Waals surface area contributed by atoms with Crippen LogP contribution in [0.15, 0.2) is 28.8 Å². The van der Waals surface area contributed by atoms with Gasteiger partial charge in [-0.05, 0) is 48.8 Å². The Kier molecular flexibility index (Phi) is 4.13. The SMILES string of the molecule is C[C@H]1C[C@@H](NC(=O)c2cc(-c3ccc4c(c3)OCO4)on2)CC(C)(C)C1. The summed E-state index contributed by atoms with van der Waals surface area (Å²) in [5.41, 5.74) is 1.35. The number of hydrogen-bond acceptors (Lipinski definition) is 5. The summed E-state index contributed by atoms with van der Waals surface area (Å²) >= 11 is 0. The molecule has 26 heavy (non-hydrogen) atoms. The van der Waals surface area contributed by atoms with Crippen LogP contribution in [0.2, 0.25) is 0 Å². The van der Waals surface area contributed by atoms with Gasteiger partial charge in [-0.3, -0.25) is 4.79 Å². The minimum absolute atomic E-state index is 0.173. The minimum Gasteiger partial charge on any atom is -0.454 e. The summed E-state index contributed by atoms with van der Waals surface area (Å²) in [5, 5.41) is 7.07.